The molecule has 0 aromatic heterocycles. The van der Waals surface area contributed by atoms with E-state index in [0.717, 1.165) is 19.3 Å². The number of hydrogen-bond donors (Lipinski definition) is 0. The molecule has 9 heavy (non-hydrogen) atoms. The highest BCUT2D eigenvalue weighted by Crippen LogP contribution is 2.01. The van der Waals surface area contributed by atoms with E-state index in [-0.39, 0.29) is 5.92 Å². The van der Waals surface area contributed by atoms with E-state index in [2.05, 4.69) is 9.39 Å². The number of hydrogen-bond acceptors (Lipinski definition) is 2. The zero-order chi connectivity index (χ0) is 7.28. The Hall–Kier alpha value is 0.0600. The Balaban J connectivity index is 3.16. The molecule has 0 aliphatic carbocycles. The molecule has 0 radical (unpaired) electrons. The van der Waals surface area contributed by atoms with Crippen molar-refractivity contribution in [3.8, 4) is 0 Å². The van der Waals surface area contributed by atoms with Crippen LogP contribution >= 0.6 is 9.39 Å². The van der Waals surface area contributed by atoms with Crippen LogP contribution in [0.2, 0.25) is 0 Å². The molecule has 0 heterocycles. The van der Waals surface area contributed by atoms with Crippen molar-refractivity contribution in [1.29, 1.82) is 0 Å². The molecular weight excluding hydrogens is 133 g/mol. The average Bonchev–Trinajstić information content (AvgIpc) is 1.83. The summed E-state index contributed by atoms with van der Waals surface area (Å²) in [4.78, 5) is 10.1. The first-order chi connectivity index (χ1) is 4.16. The summed E-state index contributed by atoms with van der Waals surface area (Å²) in [6.07, 6.45) is 1.94. The highest BCUT2D eigenvalue weighted by Gasteiger charge is 1.98. The minimum atomic E-state index is 0.202. The van der Waals surface area contributed by atoms with E-state index in [4.69, 9.17) is 0 Å². The van der Waals surface area contributed by atoms with Crippen molar-refractivity contribution < 1.29 is 4.79 Å². The summed E-state index contributed by atoms with van der Waals surface area (Å²) >= 11 is 0. The van der Waals surface area contributed by atoms with Gasteiger partial charge in [-0.05, 0) is 13.5 Å². The molecule has 2 atom stereocenters. The molecule has 0 spiro atoms. The molecule has 1 unspecified atom stereocenters. The zero-order valence-corrected chi connectivity index (χ0v) is 7.16. The van der Waals surface area contributed by atoms with Crippen molar-refractivity contribution in [2.75, 3.05) is 13.6 Å². The average molecular weight is 147 g/mol. The maximum Gasteiger partial charge on any atom is 0.122 e. The summed E-state index contributed by atoms with van der Waals surface area (Å²) < 4.78 is 2.00. The van der Waals surface area contributed by atoms with Gasteiger partial charge in [0.15, 0.2) is 0 Å². The first-order valence-corrected chi connectivity index (χ1v) is 3.59. The van der Waals surface area contributed by atoms with Gasteiger partial charge in [-0.25, -0.2) is 0 Å². The van der Waals surface area contributed by atoms with Gasteiger partial charge >= 0.3 is 0 Å². The van der Waals surface area contributed by atoms with Crippen LogP contribution in [-0.4, -0.2) is 24.5 Å². The standard InChI is InChI=1S/C6H14NOP/c1-6(5-8)3-4-7(2)9/h5-6H,3-4,9H2,1-2H3/t6-/m1/s1. The fraction of sp³-hybridized carbons (Fsp3) is 0.833. The van der Waals surface area contributed by atoms with Gasteiger partial charge in [-0.3, -0.25) is 4.67 Å². The third-order valence-corrected chi connectivity index (χ3v) is 1.43. The lowest BCUT2D eigenvalue weighted by molar-refractivity contribution is -0.110. The van der Waals surface area contributed by atoms with Crippen LogP contribution in [0.25, 0.3) is 0 Å². The van der Waals surface area contributed by atoms with Crippen LogP contribution in [0.5, 0.6) is 0 Å². The molecule has 3 heteroatoms. The zero-order valence-electron chi connectivity index (χ0n) is 6.00. The van der Waals surface area contributed by atoms with Crippen molar-refractivity contribution >= 4 is 15.7 Å². The third-order valence-electron chi connectivity index (χ3n) is 1.17. The normalized spacial score (nSPS) is 13.8. The second-order valence-electron chi connectivity index (χ2n) is 2.38. The highest BCUT2D eigenvalue weighted by molar-refractivity contribution is 7.13. The summed E-state index contributed by atoms with van der Waals surface area (Å²) in [5, 5.41) is 0. The fourth-order valence-corrected chi connectivity index (χ4v) is 0.624. The van der Waals surface area contributed by atoms with Gasteiger partial charge in [-0.2, -0.15) is 0 Å². The lowest BCUT2D eigenvalue weighted by Gasteiger charge is -2.09. The van der Waals surface area contributed by atoms with Gasteiger partial charge in [0.1, 0.15) is 6.29 Å². The maximum atomic E-state index is 10.1. The Morgan fingerprint density at radius 1 is 1.78 bits per heavy atom. The smallest absolute Gasteiger partial charge is 0.122 e. The number of carbonyl (C=O) groups excluding carboxylic acids is 1. The van der Waals surface area contributed by atoms with Gasteiger partial charge in [0.2, 0.25) is 0 Å². The Morgan fingerprint density at radius 3 is 2.67 bits per heavy atom. The number of nitrogens with zero attached hydrogens (tertiary/aromatic N) is 1. The first-order valence-electron chi connectivity index (χ1n) is 3.08. The molecule has 0 saturated heterocycles. The Morgan fingerprint density at radius 2 is 2.33 bits per heavy atom. The van der Waals surface area contributed by atoms with Gasteiger partial charge in [0.05, 0.1) is 0 Å². The molecule has 0 amide bonds. The summed E-state index contributed by atoms with van der Waals surface area (Å²) in [5.41, 5.74) is 0. The molecular formula is C6H14NOP. The van der Waals surface area contributed by atoms with E-state index in [1.165, 1.54) is 0 Å². The number of aldehydes is 1. The Labute approximate surface area is 58.9 Å². The van der Waals surface area contributed by atoms with Crippen LogP contribution in [0.15, 0.2) is 0 Å². The van der Waals surface area contributed by atoms with E-state index in [1.807, 2.05) is 18.6 Å². The molecule has 0 saturated carbocycles. The van der Waals surface area contributed by atoms with Crippen LogP contribution in [0.1, 0.15) is 13.3 Å². The van der Waals surface area contributed by atoms with Crippen LogP contribution in [0, 0.1) is 5.92 Å². The fourth-order valence-electron chi connectivity index (χ4n) is 0.475. The molecule has 0 rings (SSSR count). The van der Waals surface area contributed by atoms with Crippen LogP contribution in [0.3, 0.4) is 0 Å². The van der Waals surface area contributed by atoms with Gasteiger partial charge in [0.25, 0.3) is 0 Å². The van der Waals surface area contributed by atoms with Crippen molar-refractivity contribution in [3.63, 3.8) is 0 Å². The molecule has 0 bridgehead atoms. The third kappa shape index (κ3) is 5.94. The highest BCUT2D eigenvalue weighted by atomic mass is 31.0. The van der Waals surface area contributed by atoms with E-state index in [1.54, 1.807) is 0 Å². The Bertz CT molecular complexity index is 85.1. The van der Waals surface area contributed by atoms with E-state index in [0.29, 0.717) is 0 Å². The van der Waals surface area contributed by atoms with Crippen LogP contribution in [0.4, 0.5) is 0 Å². The monoisotopic (exact) mass is 147 g/mol. The van der Waals surface area contributed by atoms with Gasteiger partial charge < -0.3 is 4.79 Å². The summed E-state index contributed by atoms with van der Waals surface area (Å²) in [6.45, 7) is 2.89. The molecule has 0 aromatic rings. The van der Waals surface area contributed by atoms with Crippen LogP contribution in [-0.2, 0) is 4.79 Å². The van der Waals surface area contributed by atoms with Gasteiger partial charge in [0, 0.05) is 12.5 Å². The second kappa shape index (κ2) is 4.89. The maximum absolute atomic E-state index is 10.1. The SMILES string of the molecule is C[C@@H](C=O)CCN(C)P. The largest absolute Gasteiger partial charge is 0.303 e. The minimum Gasteiger partial charge on any atom is -0.303 e. The molecule has 0 aromatic carbocycles. The quantitative estimate of drug-likeness (QED) is 0.435. The minimum absolute atomic E-state index is 0.202. The number of rotatable bonds is 4. The topological polar surface area (TPSA) is 20.3 Å². The van der Waals surface area contributed by atoms with Crippen molar-refractivity contribution in [2.45, 2.75) is 13.3 Å². The summed E-state index contributed by atoms with van der Waals surface area (Å²) in [7, 11) is 4.54. The molecule has 0 aliphatic rings. The second-order valence-corrected chi connectivity index (χ2v) is 3.26. The molecule has 54 valence electrons. The van der Waals surface area contributed by atoms with Crippen molar-refractivity contribution in [3.05, 3.63) is 0 Å². The van der Waals surface area contributed by atoms with Crippen molar-refractivity contribution in [2.24, 2.45) is 5.92 Å². The van der Waals surface area contributed by atoms with E-state index >= 15 is 0 Å². The lowest BCUT2D eigenvalue weighted by Crippen LogP contribution is -2.10. The molecule has 0 fully saturated rings. The summed E-state index contributed by atoms with van der Waals surface area (Å²) in [6, 6.07) is 0. The van der Waals surface area contributed by atoms with E-state index < -0.39 is 0 Å². The van der Waals surface area contributed by atoms with Gasteiger partial charge in [-0.1, -0.05) is 16.3 Å². The molecule has 0 N–H and O–H groups in total. The number of carbonyl (C=O) groups is 1. The van der Waals surface area contributed by atoms with Crippen LogP contribution < -0.4 is 0 Å². The van der Waals surface area contributed by atoms with Gasteiger partial charge in [-0.15, -0.1) is 0 Å². The predicted molar refractivity (Wildman–Crippen MR) is 42.2 cm³/mol. The molecule has 0 aliphatic heterocycles. The Kier molecular flexibility index (Phi) is 4.93. The van der Waals surface area contributed by atoms with Crippen molar-refractivity contribution in [1.82, 2.24) is 4.67 Å². The lowest BCUT2D eigenvalue weighted by atomic mass is 10.1. The first kappa shape index (κ1) is 9.06. The predicted octanol–water partition coefficient (Wildman–Crippen LogP) is 0.933. The summed E-state index contributed by atoms with van der Waals surface area (Å²) in [5.74, 6) is 0.202. The van der Waals surface area contributed by atoms with E-state index in [9.17, 15) is 4.79 Å². The molecule has 2 nitrogen and oxygen atoms in total.